The maximum Gasteiger partial charge on any atom is 0.156 e. The zero-order valence-corrected chi connectivity index (χ0v) is 7.70. The molecule has 0 fully saturated rings. The van der Waals surface area contributed by atoms with Gasteiger partial charge in [-0.3, -0.25) is 9.38 Å². The maximum absolute atomic E-state index is 4.14. The highest BCUT2D eigenvalue weighted by Crippen LogP contribution is 2.02. The van der Waals surface area contributed by atoms with Gasteiger partial charge in [-0.2, -0.15) is 12.6 Å². The molecule has 0 bridgehead atoms. The first-order valence-electron chi connectivity index (χ1n) is 3.78. The van der Waals surface area contributed by atoms with Crippen LogP contribution in [0, 0.1) is 11.8 Å². The van der Waals surface area contributed by atoms with Crippen molar-refractivity contribution in [1.82, 2.24) is 14.4 Å². The first kappa shape index (κ1) is 8.14. The first-order chi connectivity index (χ1) is 6.42. The van der Waals surface area contributed by atoms with Crippen LogP contribution in [-0.2, 0) is 0 Å². The molecule has 4 heteroatoms. The SMILES string of the molecule is SCC#Cc1cnc2cnccn12. The van der Waals surface area contributed by atoms with Crippen LogP contribution < -0.4 is 0 Å². The molecule has 0 radical (unpaired) electrons. The molecule has 3 nitrogen and oxygen atoms in total. The average Bonchev–Trinajstić information content (AvgIpc) is 2.58. The highest BCUT2D eigenvalue weighted by atomic mass is 32.1. The lowest BCUT2D eigenvalue weighted by molar-refractivity contribution is 1.11. The third kappa shape index (κ3) is 1.51. The van der Waals surface area contributed by atoms with E-state index in [1.54, 1.807) is 18.6 Å². The highest BCUT2D eigenvalue weighted by Gasteiger charge is 1.97. The van der Waals surface area contributed by atoms with E-state index in [0.717, 1.165) is 11.3 Å². The van der Waals surface area contributed by atoms with Gasteiger partial charge in [-0.05, 0) is 5.92 Å². The molecule has 2 heterocycles. The van der Waals surface area contributed by atoms with E-state index >= 15 is 0 Å². The topological polar surface area (TPSA) is 30.2 Å². The molecule has 2 aromatic heterocycles. The third-order valence-electron chi connectivity index (χ3n) is 1.61. The zero-order valence-electron chi connectivity index (χ0n) is 6.81. The Morgan fingerprint density at radius 2 is 2.38 bits per heavy atom. The van der Waals surface area contributed by atoms with Crippen LogP contribution >= 0.6 is 12.6 Å². The van der Waals surface area contributed by atoms with Crippen molar-refractivity contribution in [3.05, 3.63) is 30.5 Å². The number of hydrogen-bond donors (Lipinski definition) is 1. The lowest BCUT2D eigenvalue weighted by atomic mass is 10.4. The lowest BCUT2D eigenvalue weighted by Crippen LogP contribution is -1.87. The minimum atomic E-state index is 0.554. The maximum atomic E-state index is 4.14. The van der Waals surface area contributed by atoms with Crippen LogP contribution in [0.3, 0.4) is 0 Å². The van der Waals surface area contributed by atoms with Gasteiger partial charge in [-0.25, -0.2) is 4.98 Å². The molecule has 2 aromatic rings. The molecular formula is C9H7N3S. The number of nitrogens with zero attached hydrogens (tertiary/aromatic N) is 3. The molecule has 0 aromatic carbocycles. The van der Waals surface area contributed by atoms with E-state index in [9.17, 15) is 0 Å². The van der Waals surface area contributed by atoms with E-state index in [1.165, 1.54) is 0 Å². The van der Waals surface area contributed by atoms with Crippen molar-refractivity contribution < 1.29 is 0 Å². The van der Waals surface area contributed by atoms with Gasteiger partial charge in [0.05, 0.1) is 18.1 Å². The van der Waals surface area contributed by atoms with Gasteiger partial charge in [-0.15, -0.1) is 0 Å². The minimum absolute atomic E-state index is 0.554. The fourth-order valence-corrected chi connectivity index (χ4v) is 1.14. The minimum Gasteiger partial charge on any atom is -0.290 e. The third-order valence-corrected chi connectivity index (χ3v) is 1.77. The number of aromatic nitrogens is 3. The summed E-state index contributed by atoms with van der Waals surface area (Å²) in [6.45, 7) is 0. The second-order valence-electron chi connectivity index (χ2n) is 2.41. The van der Waals surface area contributed by atoms with E-state index in [2.05, 4.69) is 34.4 Å². The van der Waals surface area contributed by atoms with Crippen molar-refractivity contribution in [2.75, 3.05) is 5.75 Å². The van der Waals surface area contributed by atoms with E-state index in [1.807, 2.05) is 10.6 Å². The summed E-state index contributed by atoms with van der Waals surface area (Å²) in [5.74, 6) is 6.39. The van der Waals surface area contributed by atoms with Crippen LogP contribution in [0.25, 0.3) is 5.65 Å². The largest absolute Gasteiger partial charge is 0.290 e. The highest BCUT2D eigenvalue weighted by molar-refractivity contribution is 7.80. The van der Waals surface area contributed by atoms with Crippen LogP contribution in [-0.4, -0.2) is 20.1 Å². The number of thiol groups is 1. The van der Waals surface area contributed by atoms with E-state index in [0.29, 0.717) is 5.75 Å². The quantitative estimate of drug-likeness (QED) is 0.495. The zero-order chi connectivity index (χ0) is 9.10. The Kier molecular flexibility index (Phi) is 2.19. The van der Waals surface area contributed by atoms with Gasteiger partial charge in [-0.1, -0.05) is 5.92 Å². The molecule has 0 saturated heterocycles. The Bertz CT molecular complexity index is 478. The smallest absolute Gasteiger partial charge is 0.156 e. The van der Waals surface area contributed by atoms with E-state index in [-0.39, 0.29) is 0 Å². The first-order valence-corrected chi connectivity index (χ1v) is 4.42. The number of rotatable bonds is 0. The van der Waals surface area contributed by atoms with Crippen molar-refractivity contribution in [3.63, 3.8) is 0 Å². The summed E-state index contributed by atoms with van der Waals surface area (Å²) in [6, 6.07) is 0. The molecule has 0 aliphatic rings. The van der Waals surface area contributed by atoms with Crippen LogP contribution in [0.2, 0.25) is 0 Å². The summed E-state index contributed by atoms with van der Waals surface area (Å²) in [7, 11) is 0. The van der Waals surface area contributed by atoms with Gasteiger partial charge in [0.25, 0.3) is 0 Å². The Labute approximate surface area is 81.2 Å². The van der Waals surface area contributed by atoms with Crippen molar-refractivity contribution in [2.24, 2.45) is 0 Å². The van der Waals surface area contributed by atoms with Gasteiger partial charge >= 0.3 is 0 Å². The molecule has 0 N–H and O–H groups in total. The standard InChI is InChI=1S/C9H7N3S/c13-5-1-2-8-6-11-9-7-10-3-4-12(8)9/h3-4,6-7,13H,5H2. The number of imidazole rings is 1. The van der Waals surface area contributed by atoms with Gasteiger partial charge in [0.2, 0.25) is 0 Å². The number of hydrogen-bond acceptors (Lipinski definition) is 3. The Hall–Kier alpha value is -1.47. The molecule has 0 atom stereocenters. The fraction of sp³-hybridized carbons (Fsp3) is 0.111. The van der Waals surface area contributed by atoms with Crippen molar-refractivity contribution in [2.45, 2.75) is 0 Å². The Morgan fingerprint density at radius 3 is 3.23 bits per heavy atom. The van der Waals surface area contributed by atoms with Crippen molar-refractivity contribution >= 4 is 18.3 Å². The predicted molar refractivity (Wildman–Crippen MR) is 53.7 cm³/mol. The number of fused-ring (bicyclic) bond motifs is 1. The molecule has 13 heavy (non-hydrogen) atoms. The molecular weight excluding hydrogens is 182 g/mol. The molecule has 0 aliphatic heterocycles. The molecule has 0 amide bonds. The van der Waals surface area contributed by atoms with Crippen LogP contribution in [0.15, 0.2) is 24.8 Å². The van der Waals surface area contributed by atoms with Gasteiger partial charge in [0.1, 0.15) is 5.69 Å². The Balaban J connectivity index is 2.58. The second-order valence-corrected chi connectivity index (χ2v) is 2.72. The summed E-state index contributed by atoms with van der Waals surface area (Å²) in [5.41, 5.74) is 1.68. The molecule has 2 rings (SSSR count). The fourth-order valence-electron chi connectivity index (χ4n) is 1.06. The average molecular weight is 189 g/mol. The monoisotopic (exact) mass is 189 g/mol. The summed E-state index contributed by atoms with van der Waals surface area (Å²) in [6.07, 6.45) is 6.98. The van der Waals surface area contributed by atoms with Gasteiger partial charge < -0.3 is 0 Å². The summed E-state index contributed by atoms with van der Waals surface area (Å²) < 4.78 is 1.89. The molecule has 0 aliphatic carbocycles. The van der Waals surface area contributed by atoms with E-state index < -0.39 is 0 Å². The predicted octanol–water partition coefficient (Wildman–Crippen LogP) is 1.01. The summed E-state index contributed by atoms with van der Waals surface area (Å²) in [4.78, 5) is 8.10. The van der Waals surface area contributed by atoms with Gasteiger partial charge in [0, 0.05) is 12.4 Å². The van der Waals surface area contributed by atoms with Crippen molar-refractivity contribution in [1.29, 1.82) is 0 Å². The van der Waals surface area contributed by atoms with Gasteiger partial charge in [0.15, 0.2) is 5.65 Å². The van der Waals surface area contributed by atoms with Crippen LogP contribution in [0.4, 0.5) is 0 Å². The summed E-state index contributed by atoms with van der Waals surface area (Å²) in [5, 5.41) is 0. The lowest BCUT2D eigenvalue weighted by Gasteiger charge is -1.91. The molecule has 0 saturated carbocycles. The van der Waals surface area contributed by atoms with Crippen LogP contribution in [0.5, 0.6) is 0 Å². The normalized spacial score (nSPS) is 9.62. The Morgan fingerprint density at radius 1 is 1.46 bits per heavy atom. The van der Waals surface area contributed by atoms with Crippen molar-refractivity contribution in [3.8, 4) is 11.8 Å². The van der Waals surface area contributed by atoms with E-state index in [4.69, 9.17) is 0 Å². The van der Waals surface area contributed by atoms with Crippen LogP contribution in [0.1, 0.15) is 5.69 Å². The molecule has 0 spiro atoms. The second kappa shape index (κ2) is 3.50. The summed E-state index contributed by atoms with van der Waals surface area (Å²) >= 11 is 4.01. The molecule has 64 valence electrons. The molecule has 0 unspecified atom stereocenters.